The van der Waals surface area contributed by atoms with Gasteiger partial charge in [-0.3, -0.25) is 4.98 Å². The van der Waals surface area contributed by atoms with E-state index in [0.29, 0.717) is 5.75 Å². The Labute approximate surface area is 71.3 Å². The van der Waals surface area contributed by atoms with Gasteiger partial charge in [-0.15, -0.1) is 0 Å². The van der Waals surface area contributed by atoms with Crippen LogP contribution < -0.4 is 5.46 Å². The van der Waals surface area contributed by atoms with Gasteiger partial charge in [-0.25, -0.2) is 0 Å². The fraction of sp³-hybridized carbons (Fsp3) is 0. The molecule has 0 saturated carbocycles. The van der Waals surface area contributed by atoms with Crippen molar-refractivity contribution in [2.75, 3.05) is 0 Å². The predicted octanol–water partition coefficient (Wildman–Crippen LogP) is 0.199. The summed E-state index contributed by atoms with van der Waals surface area (Å²) in [6.45, 7) is 0. The minimum absolute atomic E-state index is 0.295. The second-order valence-electron chi connectivity index (χ2n) is 2.85. The molecular weight excluding hydrogens is 149 g/mol. The Bertz CT molecular complexity index is 428. The third-order valence-electron chi connectivity index (χ3n) is 1.87. The second kappa shape index (κ2) is 2.52. The van der Waals surface area contributed by atoms with E-state index in [4.69, 9.17) is 0 Å². The van der Waals surface area contributed by atoms with Crippen LogP contribution in [0.15, 0.2) is 30.5 Å². The Hall–Kier alpha value is -1.51. The molecule has 12 heavy (non-hydrogen) atoms. The largest absolute Gasteiger partial charge is 0.507 e. The molecule has 2 aromatic rings. The molecule has 0 spiro atoms. The summed E-state index contributed by atoms with van der Waals surface area (Å²) < 4.78 is 0. The van der Waals surface area contributed by atoms with E-state index in [1.54, 1.807) is 12.3 Å². The number of pyridine rings is 1. The van der Waals surface area contributed by atoms with E-state index in [1.807, 2.05) is 26.0 Å². The fourth-order valence-corrected chi connectivity index (χ4v) is 1.25. The van der Waals surface area contributed by atoms with Crippen LogP contribution in [0.5, 0.6) is 5.75 Å². The van der Waals surface area contributed by atoms with Crippen LogP contribution in [0.25, 0.3) is 10.9 Å². The smallest absolute Gasteiger partial charge is 0.139 e. The summed E-state index contributed by atoms with van der Waals surface area (Å²) in [4.78, 5) is 4.12. The van der Waals surface area contributed by atoms with Crippen molar-refractivity contribution in [3.63, 3.8) is 0 Å². The maximum atomic E-state index is 9.46. The highest BCUT2D eigenvalue weighted by molar-refractivity contribution is 6.33. The van der Waals surface area contributed by atoms with Gasteiger partial charge in [0.15, 0.2) is 0 Å². The standard InChI is InChI=1S/C9H8BNO/c10-6-1-2-8-7(5-6)9(12)3-4-11-8/h1-5H,10H2,(H,11,12). The Morgan fingerprint density at radius 2 is 2.08 bits per heavy atom. The number of aromatic hydroxyl groups is 1. The molecule has 0 bridgehead atoms. The summed E-state index contributed by atoms with van der Waals surface area (Å²) in [6, 6.07) is 7.42. The van der Waals surface area contributed by atoms with Gasteiger partial charge in [0.2, 0.25) is 0 Å². The zero-order valence-electron chi connectivity index (χ0n) is 6.78. The Morgan fingerprint density at radius 3 is 2.92 bits per heavy atom. The number of hydrogen-bond donors (Lipinski definition) is 1. The molecule has 0 aliphatic rings. The van der Waals surface area contributed by atoms with Gasteiger partial charge >= 0.3 is 0 Å². The van der Waals surface area contributed by atoms with Crippen LogP contribution in [0.2, 0.25) is 0 Å². The normalized spacial score (nSPS) is 10.3. The first-order chi connectivity index (χ1) is 5.77. The van der Waals surface area contributed by atoms with Crippen molar-refractivity contribution < 1.29 is 5.11 Å². The van der Waals surface area contributed by atoms with Gasteiger partial charge in [0.25, 0.3) is 0 Å². The number of nitrogens with zero attached hydrogens (tertiary/aromatic N) is 1. The lowest BCUT2D eigenvalue weighted by Gasteiger charge is -1.99. The van der Waals surface area contributed by atoms with Crippen molar-refractivity contribution in [1.29, 1.82) is 0 Å². The minimum atomic E-state index is 0.295. The number of fused-ring (bicyclic) bond motifs is 1. The van der Waals surface area contributed by atoms with E-state index in [9.17, 15) is 5.11 Å². The van der Waals surface area contributed by atoms with Crippen LogP contribution in [-0.2, 0) is 0 Å². The number of rotatable bonds is 0. The average molecular weight is 157 g/mol. The van der Waals surface area contributed by atoms with Gasteiger partial charge < -0.3 is 5.11 Å². The molecule has 1 heterocycles. The van der Waals surface area contributed by atoms with Gasteiger partial charge in [0.05, 0.1) is 5.52 Å². The predicted molar refractivity (Wildman–Crippen MR) is 51.6 cm³/mol. The number of hydrogen-bond acceptors (Lipinski definition) is 2. The van der Waals surface area contributed by atoms with Crippen LogP contribution >= 0.6 is 0 Å². The quantitative estimate of drug-likeness (QED) is 0.554. The van der Waals surface area contributed by atoms with E-state index >= 15 is 0 Å². The SMILES string of the molecule is Bc1ccc2nccc(O)c2c1. The average Bonchev–Trinajstić information content (AvgIpc) is 2.07. The zero-order valence-corrected chi connectivity index (χ0v) is 6.78. The minimum Gasteiger partial charge on any atom is -0.507 e. The van der Waals surface area contributed by atoms with Crippen molar-refractivity contribution in [2.24, 2.45) is 0 Å². The van der Waals surface area contributed by atoms with Crippen molar-refractivity contribution in [1.82, 2.24) is 4.98 Å². The molecule has 0 unspecified atom stereocenters. The third-order valence-corrected chi connectivity index (χ3v) is 1.87. The summed E-state index contributed by atoms with van der Waals surface area (Å²) in [5, 5.41) is 10.3. The molecule has 1 N–H and O–H groups in total. The lowest BCUT2D eigenvalue weighted by Crippen LogP contribution is -2.00. The molecule has 0 saturated heterocycles. The lowest BCUT2D eigenvalue weighted by atomic mass is 9.94. The third kappa shape index (κ3) is 1.03. The molecule has 1 aromatic heterocycles. The van der Waals surface area contributed by atoms with Crippen molar-refractivity contribution in [3.8, 4) is 5.75 Å². The molecule has 2 rings (SSSR count). The van der Waals surface area contributed by atoms with E-state index in [-0.39, 0.29) is 0 Å². The van der Waals surface area contributed by atoms with Gasteiger partial charge in [0, 0.05) is 11.6 Å². The highest BCUT2D eigenvalue weighted by Gasteiger charge is 1.98. The van der Waals surface area contributed by atoms with Crippen LogP contribution in [0, 0.1) is 0 Å². The first-order valence-corrected chi connectivity index (χ1v) is 3.82. The van der Waals surface area contributed by atoms with E-state index in [2.05, 4.69) is 4.98 Å². The van der Waals surface area contributed by atoms with Gasteiger partial charge in [0.1, 0.15) is 13.6 Å². The maximum absolute atomic E-state index is 9.46. The molecule has 0 aliphatic carbocycles. The van der Waals surface area contributed by atoms with Crippen LogP contribution in [0.1, 0.15) is 0 Å². The monoisotopic (exact) mass is 157 g/mol. The molecule has 3 heteroatoms. The highest BCUT2D eigenvalue weighted by atomic mass is 16.3. The highest BCUT2D eigenvalue weighted by Crippen LogP contribution is 2.20. The van der Waals surface area contributed by atoms with Gasteiger partial charge in [-0.1, -0.05) is 17.6 Å². The first kappa shape index (κ1) is 7.16. The molecular formula is C9H8BNO. The molecule has 1 aromatic carbocycles. The Balaban J connectivity index is 2.88. The molecule has 0 amide bonds. The zero-order chi connectivity index (χ0) is 8.55. The summed E-state index contributed by atoms with van der Waals surface area (Å²) in [6.07, 6.45) is 1.60. The van der Waals surface area contributed by atoms with E-state index in [0.717, 1.165) is 16.4 Å². The van der Waals surface area contributed by atoms with E-state index < -0.39 is 0 Å². The molecule has 0 atom stereocenters. The van der Waals surface area contributed by atoms with Crippen LogP contribution in [-0.4, -0.2) is 17.9 Å². The van der Waals surface area contributed by atoms with Crippen molar-refractivity contribution in [3.05, 3.63) is 30.5 Å². The molecule has 0 fully saturated rings. The number of aromatic nitrogens is 1. The second-order valence-corrected chi connectivity index (χ2v) is 2.85. The Kier molecular flexibility index (Phi) is 1.50. The summed E-state index contributed by atoms with van der Waals surface area (Å²) in [7, 11) is 1.99. The van der Waals surface area contributed by atoms with E-state index in [1.165, 1.54) is 0 Å². The van der Waals surface area contributed by atoms with Crippen molar-refractivity contribution >= 4 is 24.2 Å². The molecule has 58 valence electrons. The van der Waals surface area contributed by atoms with Crippen LogP contribution in [0.4, 0.5) is 0 Å². The van der Waals surface area contributed by atoms with Gasteiger partial charge in [-0.05, 0) is 12.1 Å². The fourth-order valence-electron chi connectivity index (χ4n) is 1.25. The van der Waals surface area contributed by atoms with Crippen LogP contribution in [0.3, 0.4) is 0 Å². The Morgan fingerprint density at radius 1 is 1.25 bits per heavy atom. The summed E-state index contributed by atoms with van der Waals surface area (Å²) in [5.41, 5.74) is 1.96. The van der Waals surface area contributed by atoms with Gasteiger partial charge in [-0.2, -0.15) is 0 Å². The molecule has 0 radical (unpaired) electrons. The maximum Gasteiger partial charge on any atom is 0.139 e. The van der Waals surface area contributed by atoms with Crippen molar-refractivity contribution in [2.45, 2.75) is 0 Å². The summed E-state index contributed by atoms with van der Waals surface area (Å²) in [5.74, 6) is 0.295. The number of benzene rings is 1. The topological polar surface area (TPSA) is 33.1 Å². The molecule has 0 aliphatic heterocycles. The summed E-state index contributed by atoms with van der Waals surface area (Å²) >= 11 is 0. The lowest BCUT2D eigenvalue weighted by molar-refractivity contribution is 0.481. The first-order valence-electron chi connectivity index (χ1n) is 3.82. The molecule has 2 nitrogen and oxygen atoms in total.